The molecule has 1 saturated carbocycles. The zero-order chi connectivity index (χ0) is 13.9. The van der Waals surface area contributed by atoms with Crippen LogP contribution in [0.4, 0.5) is 0 Å². The molecule has 2 aliphatic rings. The number of nitrogens with two attached hydrogens (primary N) is 1. The van der Waals surface area contributed by atoms with Crippen molar-refractivity contribution in [1.82, 2.24) is 4.90 Å². The van der Waals surface area contributed by atoms with Gasteiger partial charge in [-0.25, -0.2) is 0 Å². The minimum Gasteiger partial charge on any atom is -0.390 e. The molecular formula is C15H28N2O2. The lowest BCUT2D eigenvalue weighted by Gasteiger charge is -2.36. The Bertz CT molecular complexity index is 307. The summed E-state index contributed by atoms with van der Waals surface area (Å²) >= 11 is 0. The molecule has 2 rings (SSSR count). The lowest BCUT2D eigenvalue weighted by molar-refractivity contribution is -0.135. The van der Waals surface area contributed by atoms with E-state index in [2.05, 4.69) is 0 Å². The van der Waals surface area contributed by atoms with E-state index in [4.69, 9.17) is 5.73 Å². The molecule has 1 amide bonds. The van der Waals surface area contributed by atoms with Crippen molar-refractivity contribution in [3.05, 3.63) is 0 Å². The fourth-order valence-electron chi connectivity index (χ4n) is 3.32. The number of hydrogen-bond donors (Lipinski definition) is 2. The minimum absolute atomic E-state index is 0.259. The number of rotatable bonds is 3. The van der Waals surface area contributed by atoms with Crippen LogP contribution in [0, 0.1) is 5.92 Å². The number of carbonyl (C=O) groups excluding carboxylic acids is 1. The molecule has 0 aromatic carbocycles. The molecule has 0 aromatic heterocycles. The maximum atomic E-state index is 12.1. The second kappa shape index (κ2) is 6.23. The van der Waals surface area contributed by atoms with Gasteiger partial charge in [-0.05, 0) is 44.9 Å². The first-order valence-electron chi connectivity index (χ1n) is 7.72. The summed E-state index contributed by atoms with van der Waals surface area (Å²) in [4.78, 5) is 14.1. The monoisotopic (exact) mass is 268 g/mol. The van der Waals surface area contributed by atoms with Crippen LogP contribution in [-0.2, 0) is 4.79 Å². The first kappa shape index (κ1) is 14.8. The molecule has 0 radical (unpaired) electrons. The van der Waals surface area contributed by atoms with Gasteiger partial charge in [0, 0.05) is 25.6 Å². The molecule has 4 heteroatoms. The highest BCUT2D eigenvalue weighted by Crippen LogP contribution is 2.28. The number of carbonyl (C=O) groups is 1. The second-order valence-corrected chi connectivity index (χ2v) is 6.71. The van der Waals surface area contributed by atoms with Gasteiger partial charge in [-0.1, -0.05) is 12.8 Å². The number of piperidine rings is 1. The second-order valence-electron chi connectivity index (χ2n) is 6.71. The van der Waals surface area contributed by atoms with Gasteiger partial charge in [-0.15, -0.1) is 0 Å². The smallest absolute Gasteiger partial charge is 0.222 e. The van der Waals surface area contributed by atoms with Gasteiger partial charge in [-0.2, -0.15) is 0 Å². The SMILES string of the molecule is CC1(O)CCN(C(=O)CCC2CCCC(N)C2)CC1. The molecule has 1 aliphatic heterocycles. The molecule has 2 atom stereocenters. The van der Waals surface area contributed by atoms with Gasteiger partial charge in [0.2, 0.25) is 5.91 Å². The molecule has 4 nitrogen and oxygen atoms in total. The number of amides is 1. The van der Waals surface area contributed by atoms with E-state index < -0.39 is 5.60 Å². The van der Waals surface area contributed by atoms with E-state index in [-0.39, 0.29) is 5.91 Å². The van der Waals surface area contributed by atoms with E-state index in [0.717, 1.165) is 19.3 Å². The molecule has 0 bridgehead atoms. The van der Waals surface area contributed by atoms with E-state index in [1.807, 2.05) is 11.8 Å². The predicted molar refractivity (Wildman–Crippen MR) is 75.6 cm³/mol. The zero-order valence-electron chi connectivity index (χ0n) is 12.1. The summed E-state index contributed by atoms with van der Waals surface area (Å²) in [6.07, 6.45) is 7.72. The Morgan fingerprint density at radius 3 is 2.68 bits per heavy atom. The van der Waals surface area contributed by atoms with Gasteiger partial charge >= 0.3 is 0 Å². The Hall–Kier alpha value is -0.610. The Labute approximate surface area is 116 Å². The third-order valence-corrected chi connectivity index (χ3v) is 4.78. The first-order valence-corrected chi connectivity index (χ1v) is 7.72. The molecule has 2 unspecified atom stereocenters. The fraction of sp³-hybridized carbons (Fsp3) is 0.933. The Morgan fingerprint density at radius 2 is 2.05 bits per heavy atom. The summed E-state index contributed by atoms with van der Waals surface area (Å²) in [7, 11) is 0. The summed E-state index contributed by atoms with van der Waals surface area (Å²) in [6, 6.07) is 0.346. The average Bonchev–Trinajstić information content (AvgIpc) is 2.36. The van der Waals surface area contributed by atoms with E-state index in [1.165, 1.54) is 12.8 Å². The molecule has 0 aromatic rings. The van der Waals surface area contributed by atoms with Gasteiger partial charge < -0.3 is 15.7 Å². The van der Waals surface area contributed by atoms with Crippen LogP contribution in [0.15, 0.2) is 0 Å². The van der Waals surface area contributed by atoms with Crippen LogP contribution >= 0.6 is 0 Å². The van der Waals surface area contributed by atoms with Crippen molar-refractivity contribution >= 4 is 5.91 Å². The van der Waals surface area contributed by atoms with Crippen LogP contribution in [0.1, 0.15) is 58.3 Å². The lowest BCUT2D eigenvalue weighted by Crippen LogP contribution is -2.45. The Morgan fingerprint density at radius 1 is 1.37 bits per heavy atom. The fourth-order valence-corrected chi connectivity index (χ4v) is 3.32. The first-order chi connectivity index (χ1) is 8.96. The van der Waals surface area contributed by atoms with Crippen molar-refractivity contribution in [2.75, 3.05) is 13.1 Å². The Balaban J connectivity index is 1.70. The highest BCUT2D eigenvalue weighted by atomic mass is 16.3. The zero-order valence-corrected chi connectivity index (χ0v) is 12.1. The van der Waals surface area contributed by atoms with Gasteiger partial charge in [0.15, 0.2) is 0 Å². The van der Waals surface area contributed by atoms with Crippen LogP contribution in [0.5, 0.6) is 0 Å². The third-order valence-electron chi connectivity index (χ3n) is 4.78. The molecule has 1 saturated heterocycles. The largest absolute Gasteiger partial charge is 0.390 e. The van der Waals surface area contributed by atoms with Gasteiger partial charge in [0.25, 0.3) is 0 Å². The van der Waals surface area contributed by atoms with E-state index >= 15 is 0 Å². The van der Waals surface area contributed by atoms with Crippen LogP contribution in [0.3, 0.4) is 0 Å². The average molecular weight is 268 g/mol. The van der Waals surface area contributed by atoms with E-state index in [1.54, 1.807) is 0 Å². The minimum atomic E-state index is -0.576. The van der Waals surface area contributed by atoms with Gasteiger partial charge in [-0.3, -0.25) is 4.79 Å². The highest BCUT2D eigenvalue weighted by Gasteiger charge is 2.29. The van der Waals surface area contributed by atoms with E-state index in [0.29, 0.717) is 44.3 Å². The quantitative estimate of drug-likeness (QED) is 0.818. The molecule has 110 valence electrons. The van der Waals surface area contributed by atoms with Gasteiger partial charge in [0.05, 0.1) is 5.60 Å². The topological polar surface area (TPSA) is 66.6 Å². The van der Waals surface area contributed by atoms with Crippen molar-refractivity contribution in [1.29, 1.82) is 0 Å². The van der Waals surface area contributed by atoms with Gasteiger partial charge in [0.1, 0.15) is 0 Å². The summed E-state index contributed by atoms with van der Waals surface area (Å²) < 4.78 is 0. The summed E-state index contributed by atoms with van der Waals surface area (Å²) in [5.74, 6) is 0.898. The normalized spacial score (nSPS) is 31.2. The maximum absolute atomic E-state index is 12.1. The van der Waals surface area contributed by atoms with Crippen LogP contribution in [0.25, 0.3) is 0 Å². The van der Waals surface area contributed by atoms with Crippen molar-refractivity contribution in [3.63, 3.8) is 0 Å². The molecule has 1 heterocycles. The van der Waals surface area contributed by atoms with Crippen molar-refractivity contribution in [3.8, 4) is 0 Å². The molecule has 0 spiro atoms. The van der Waals surface area contributed by atoms with Crippen LogP contribution in [-0.4, -0.2) is 40.6 Å². The lowest BCUT2D eigenvalue weighted by atomic mass is 9.83. The molecular weight excluding hydrogens is 240 g/mol. The molecule has 3 N–H and O–H groups in total. The number of likely N-dealkylation sites (tertiary alicyclic amines) is 1. The number of aliphatic hydroxyl groups is 1. The molecule has 2 fully saturated rings. The summed E-state index contributed by atoms with van der Waals surface area (Å²) in [5.41, 5.74) is 5.40. The molecule has 1 aliphatic carbocycles. The van der Waals surface area contributed by atoms with Crippen molar-refractivity contribution in [2.24, 2.45) is 11.7 Å². The highest BCUT2D eigenvalue weighted by molar-refractivity contribution is 5.76. The number of nitrogens with zero attached hydrogens (tertiary/aromatic N) is 1. The van der Waals surface area contributed by atoms with E-state index in [9.17, 15) is 9.90 Å². The summed E-state index contributed by atoms with van der Waals surface area (Å²) in [5, 5.41) is 9.89. The van der Waals surface area contributed by atoms with Crippen molar-refractivity contribution in [2.45, 2.75) is 69.9 Å². The van der Waals surface area contributed by atoms with Crippen LogP contribution in [0.2, 0.25) is 0 Å². The molecule has 19 heavy (non-hydrogen) atoms. The Kier molecular flexibility index (Phi) is 4.85. The standard InChI is InChI=1S/C15H28N2O2/c1-15(19)7-9-17(10-8-15)14(18)6-5-12-3-2-4-13(16)11-12/h12-13,19H,2-11,16H2,1H3. The third kappa shape index (κ3) is 4.46. The summed E-state index contributed by atoms with van der Waals surface area (Å²) in [6.45, 7) is 3.27. The van der Waals surface area contributed by atoms with Crippen molar-refractivity contribution < 1.29 is 9.90 Å². The maximum Gasteiger partial charge on any atom is 0.222 e. The number of hydrogen-bond acceptors (Lipinski definition) is 3. The predicted octanol–water partition coefficient (Wildman–Crippen LogP) is 1.66. The van der Waals surface area contributed by atoms with Crippen LogP contribution < -0.4 is 5.73 Å².